The maximum Gasteiger partial charge on any atom is 0.299 e. The minimum Gasteiger partial charge on any atom is -0.423 e. The number of morpholine rings is 1. The molecule has 0 atom stereocenters. The van der Waals surface area contributed by atoms with Crippen LogP contribution in [0, 0.1) is 6.92 Å². The molecule has 180 valence electrons. The number of rotatable bonds is 8. The molecule has 4 aromatic rings. The maximum absolute atomic E-state index is 12.7. The molecule has 1 aliphatic rings. The second-order valence-electron chi connectivity index (χ2n) is 8.39. The van der Waals surface area contributed by atoms with Crippen LogP contribution in [0.15, 0.2) is 71.5 Å². The van der Waals surface area contributed by atoms with Crippen molar-refractivity contribution in [2.45, 2.75) is 6.92 Å². The number of nitrogens with zero attached hydrogens (tertiary/aromatic N) is 4. The molecule has 3 heterocycles. The zero-order valence-electron chi connectivity index (χ0n) is 19.6. The van der Waals surface area contributed by atoms with E-state index in [-0.39, 0.29) is 5.91 Å². The standard InChI is InChI=1S/C26H28N6O3/c1-19-3-4-21(25(33)27-10-12-31-13-15-34-16-14-31)17-23(19)30-26-28-18-24(35-26)20-5-7-22(8-6-20)32-11-2-9-29-32/h2-9,11,17-18H,10,12-16H2,1H3,(H,27,33)(H,28,30). The minimum atomic E-state index is -0.105. The van der Waals surface area contributed by atoms with Crippen LogP contribution >= 0.6 is 0 Å². The lowest BCUT2D eigenvalue weighted by Gasteiger charge is -2.26. The largest absolute Gasteiger partial charge is 0.423 e. The number of ether oxygens (including phenoxy) is 1. The van der Waals surface area contributed by atoms with E-state index in [2.05, 4.69) is 25.6 Å². The summed E-state index contributed by atoms with van der Waals surface area (Å²) in [6.45, 7) is 6.69. The first-order valence-corrected chi connectivity index (χ1v) is 11.7. The molecule has 0 spiro atoms. The Bertz CT molecular complexity index is 1260. The van der Waals surface area contributed by atoms with Crippen molar-refractivity contribution in [1.82, 2.24) is 25.0 Å². The molecule has 0 bridgehead atoms. The minimum absolute atomic E-state index is 0.105. The van der Waals surface area contributed by atoms with Crippen LogP contribution in [0.5, 0.6) is 0 Å². The van der Waals surface area contributed by atoms with Gasteiger partial charge in [-0.2, -0.15) is 5.10 Å². The molecule has 1 fully saturated rings. The smallest absolute Gasteiger partial charge is 0.299 e. The van der Waals surface area contributed by atoms with Gasteiger partial charge in [-0.05, 0) is 55.0 Å². The zero-order valence-corrected chi connectivity index (χ0v) is 19.6. The second kappa shape index (κ2) is 10.5. The molecule has 1 aliphatic heterocycles. The lowest BCUT2D eigenvalue weighted by molar-refractivity contribution is 0.0383. The molecule has 35 heavy (non-hydrogen) atoms. The van der Waals surface area contributed by atoms with Crippen molar-refractivity contribution in [1.29, 1.82) is 0 Å². The van der Waals surface area contributed by atoms with Gasteiger partial charge in [0.05, 0.1) is 25.1 Å². The van der Waals surface area contributed by atoms with Gasteiger partial charge >= 0.3 is 0 Å². The monoisotopic (exact) mass is 472 g/mol. The molecule has 1 amide bonds. The number of carbonyl (C=O) groups is 1. The van der Waals surface area contributed by atoms with Crippen LogP contribution in [-0.2, 0) is 4.74 Å². The predicted molar refractivity (Wildman–Crippen MR) is 133 cm³/mol. The summed E-state index contributed by atoms with van der Waals surface area (Å²) in [6.07, 6.45) is 5.32. The Balaban J connectivity index is 1.21. The van der Waals surface area contributed by atoms with E-state index in [0.29, 0.717) is 23.9 Å². The number of nitrogens with one attached hydrogen (secondary N) is 2. The topological polar surface area (TPSA) is 97.5 Å². The summed E-state index contributed by atoms with van der Waals surface area (Å²) in [5, 5.41) is 10.4. The van der Waals surface area contributed by atoms with Gasteiger partial charge in [0.15, 0.2) is 5.76 Å². The van der Waals surface area contributed by atoms with Crippen molar-refractivity contribution in [2.24, 2.45) is 0 Å². The van der Waals surface area contributed by atoms with Crippen LogP contribution in [-0.4, -0.2) is 65.0 Å². The van der Waals surface area contributed by atoms with Crippen LogP contribution in [0.2, 0.25) is 0 Å². The Labute approximate surface area is 203 Å². The van der Waals surface area contributed by atoms with E-state index < -0.39 is 0 Å². The Morgan fingerprint density at radius 3 is 2.71 bits per heavy atom. The number of aryl methyl sites for hydroxylation is 1. The van der Waals surface area contributed by atoms with Crippen LogP contribution in [0.4, 0.5) is 11.7 Å². The third-order valence-corrected chi connectivity index (χ3v) is 5.99. The van der Waals surface area contributed by atoms with Crippen LogP contribution < -0.4 is 10.6 Å². The average molecular weight is 473 g/mol. The third kappa shape index (κ3) is 5.59. The fourth-order valence-electron chi connectivity index (χ4n) is 3.93. The van der Waals surface area contributed by atoms with Gasteiger partial charge in [-0.25, -0.2) is 9.67 Å². The second-order valence-corrected chi connectivity index (χ2v) is 8.39. The molecule has 2 aromatic heterocycles. The first kappa shape index (κ1) is 22.8. The van der Waals surface area contributed by atoms with Crippen molar-refractivity contribution in [3.8, 4) is 17.0 Å². The summed E-state index contributed by atoms with van der Waals surface area (Å²) in [5.41, 5.74) is 4.21. The number of hydrogen-bond donors (Lipinski definition) is 2. The molecule has 5 rings (SSSR count). The number of aromatic nitrogens is 3. The highest BCUT2D eigenvalue weighted by Gasteiger charge is 2.13. The lowest BCUT2D eigenvalue weighted by atomic mass is 10.1. The van der Waals surface area contributed by atoms with Gasteiger partial charge in [-0.3, -0.25) is 9.69 Å². The molecule has 0 aliphatic carbocycles. The third-order valence-electron chi connectivity index (χ3n) is 5.99. The quantitative estimate of drug-likeness (QED) is 0.404. The summed E-state index contributed by atoms with van der Waals surface area (Å²) in [6, 6.07) is 15.7. The van der Waals surface area contributed by atoms with Crippen LogP contribution in [0.1, 0.15) is 15.9 Å². The van der Waals surface area contributed by atoms with E-state index >= 15 is 0 Å². The molecular weight excluding hydrogens is 444 g/mol. The Morgan fingerprint density at radius 1 is 1.11 bits per heavy atom. The molecular formula is C26H28N6O3. The van der Waals surface area contributed by atoms with Gasteiger partial charge in [0, 0.05) is 55.4 Å². The van der Waals surface area contributed by atoms with Crippen molar-refractivity contribution >= 4 is 17.6 Å². The first-order valence-electron chi connectivity index (χ1n) is 11.7. The van der Waals surface area contributed by atoms with E-state index in [4.69, 9.17) is 9.15 Å². The van der Waals surface area contributed by atoms with Gasteiger partial charge in [0.25, 0.3) is 11.9 Å². The summed E-state index contributed by atoms with van der Waals surface area (Å²) in [5.74, 6) is 0.542. The van der Waals surface area contributed by atoms with E-state index in [1.807, 2.05) is 61.7 Å². The normalized spacial score (nSPS) is 14.1. The highest BCUT2D eigenvalue weighted by atomic mass is 16.5. The van der Waals surface area contributed by atoms with E-state index in [9.17, 15) is 4.79 Å². The van der Waals surface area contributed by atoms with E-state index in [0.717, 1.165) is 55.3 Å². The Kier molecular flexibility index (Phi) is 6.87. The van der Waals surface area contributed by atoms with Gasteiger partial charge in [-0.15, -0.1) is 0 Å². The number of anilines is 2. The molecule has 0 unspecified atom stereocenters. The van der Waals surface area contributed by atoms with E-state index in [1.54, 1.807) is 17.1 Å². The summed E-state index contributed by atoms with van der Waals surface area (Å²) >= 11 is 0. The number of amides is 1. The van der Waals surface area contributed by atoms with Crippen molar-refractivity contribution in [3.63, 3.8) is 0 Å². The summed E-state index contributed by atoms with van der Waals surface area (Å²) in [7, 11) is 0. The van der Waals surface area contributed by atoms with Gasteiger partial charge in [-0.1, -0.05) is 6.07 Å². The molecule has 2 N–H and O–H groups in total. The molecule has 9 heteroatoms. The zero-order chi connectivity index (χ0) is 24.0. The first-order chi connectivity index (χ1) is 17.2. The highest BCUT2D eigenvalue weighted by Crippen LogP contribution is 2.27. The van der Waals surface area contributed by atoms with Gasteiger partial charge < -0.3 is 19.8 Å². The van der Waals surface area contributed by atoms with Gasteiger partial charge in [0.1, 0.15) is 0 Å². The summed E-state index contributed by atoms with van der Waals surface area (Å²) < 4.78 is 13.1. The number of oxazole rings is 1. The highest BCUT2D eigenvalue weighted by molar-refractivity contribution is 5.95. The molecule has 1 saturated heterocycles. The predicted octanol–water partition coefficient (Wildman–Crippen LogP) is 3.64. The Hall–Kier alpha value is -3.95. The Morgan fingerprint density at radius 2 is 1.94 bits per heavy atom. The van der Waals surface area contributed by atoms with Gasteiger partial charge in [0.2, 0.25) is 0 Å². The van der Waals surface area contributed by atoms with Crippen molar-refractivity contribution < 1.29 is 13.9 Å². The fourth-order valence-corrected chi connectivity index (χ4v) is 3.93. The molecule has 9 nitrogen and oxygen atoms in total. The number of hydrogen-bond acceptors (Lipinski definition) is 7. The SMILES string of the molecule is Cc1ccc(C(=O)NCCN2CCOCC2)cc1Nc1ncc(-c2ccc(-n3cccn3)cc2)o1. The molecule has 0 saturated carbocycles. The van der Waals surface area contributed by atoms with Crippen LogP contribution in [0.25, 0.3) is 17.0 Å². The lowest BCUT2D eigenvalue weighted by Crippen LogP contribution is -2.41. The molecule has 0 radical (unpaired) electrons. The number of carbonyl (C=O) groups excluding carboxylic acids is 1. The fraction of sp³-hybridized carbons (Fsp3) is 0.269. The molecule has 2 aromatic carbocycles. The van der Waals surface area contributed by atoms with Crippen molar-refractivity contribution in [3.05, 3.63) is 78.2 Å². The maximum atomic E-state index is 12.7. The van der Waals surface area contributed by atoms with Crippen molar-refractivity contribution in [2.75, 3.05) is 44.7 Å². The van der Waals surface area contributed by atoms with Crippen LogP contribution in [0.3, 0.4) is 0 Å². The summed E-state index contributed by atoms with van der Waals surface area (Å²) in [4.78, 5) is 19.3. The van der Waals surface area contributed by atoms with E-state index in [1.165, 1.54) is 0 Å². The number of benzene rings is 2. The average Bonchev–Trinajstić information content (AvgIpc) is 3.59.